The zero-order valence-electron chi connectivity index (χ0n) is 15.5. The number of aromatic nitrogens is 3. The summed E-state index contributed by atoms with van der Waals surface area (Å²) in [7, 11) is 1.57. The molecule has 1 amide bonds. The minimum absolute atomic E-state index is 0.0227. The number of H-pyrrole nitrogens is 1. The van der Waals surface area contributed by atoms with Crippen LogP contribution in [-0.2, 0) is 9.53 Å². The van der Waals surface area contributed by atoms with E-state index in [1.165, 1.54) is 32.1 Å². The van der Waals surface area contributed by atoms with Crippen molar-refractivity contribution >= 4 is 5.91 Å². The van der Waals surface area contributed by atoms with E-state index >= 15 is 0 Å². The SMILES string of the molecule is COCC(=O)N1CCN(CC2CCCCC2)CCC1c1n[nH]c(C)n1. The van der Waals surface area contributed by atoms with E-state index in [0.717, 1.165) is 43.6 Å². The predicted molar refractivity (Wildman–Crippen MR) is 95.1 cm³/mol. The predicted octanol–water partition coefficient (Wildman–Crippen LogP) is 1.92. The average molecular weight is 349 g/mol. The quantitative estimate of drug-likeness (QED) is 0.879. The zero-order valence-corrected chi connectivity index (χ0v) is 15.5. The average Bonchev–Trinajstić information content (AvgIpc) is 2.93. The van der Waals surface area contributed by atoms with Gasteiger partial charge in [0, 0.05) is 33.3 Å². The Balaban J connectivity index is 1.68. The molecule has 1 aliphatic carbocycles. The van der Waals surface area contributed by atoms with Gasteiger partial charge in [-0.2, -0.15) is 5.10 Å². The van der Waals surface area contributed by atoms with Gasteiger partial charge in [-0.3, -0.25) is 9.89 Å². The fourth-order valence-electron chi connectivity index (χ4n) is 4.18. The molecule has 2 fully saturated rings. The van der Waals surface area contributed by atoms with Crippen LogP contribution in [0.4, 0.5) is 0 Å². The number of aryl methyl sites for hydroxylation is 1. The number of carbonyl (C=O) groups excluding carboxylic acids is 1. The lowest BCUT2D eigenvalue weighted by atomic mass is 9.89. The minimum atomic E-state index is -0.0658. The van der Waals surface area contributed by atoms with Crippen molar-refractivity contribution in [3.8, 4) is 0 Å². The Hall–Kier alpha value is -1.47. The maximum Gasteiger partial charge on any atom is 0.249 e. The van der Waals surface area contributed by atoms with Crippen molar-refractivity contribution in [1.82, 2.24) is 25.0 Å². The van der Waals surface area contributed by atoms with Crippen LogP contribution in [0.2, 0.25) is 0 Å². The fraction of sp³-hybridized carbons (Fsp3) is 0.833. The number of amides is 1. The second kappa shape index (κ2) is 8.76. The van der Waals surface area contributed by atoms with Crippen LogP contribution in [0.1, 0.15) is 56.2 Å². The lowest BCUT2D eigenvalue weighted by Crippen LogP contribution is -2.40. The van der Waals surface area contributed by atoms with Crippen molar-refractivity contribution in [3.05, 3.63) is 11.6 Å². The lowest BCUT2D eigenvalue weighted by molar-refractivity contribution is -0.137. The van der Waals surface area contributed by atoms with Crippen molar-refractivity contribution in [2.45, 2.75) is 51.5 Å². The summed E-state index contributed by atoms with van der Waals surface area (Å²) in [5, 5.41) is 7.24. The zero-order chi connectivity index (χ0) is 17.6. The van der Waals surface area contributed by atoms with Gasteiger partial charge >= 0.3 is 0 Å². The van der Waals surface area contributed by atoms with Crippen molar-refractivity contribution in [1.29, 1.82) is 0 Å². The summed E-state index contributed by atoms with van der Waals surface area (Å²) in [6, 6.07) is -0.0658. The number of aromatic amines is 1. The molecule has 0 aromatic carbocycles. The monoisotopic (exact) mass is 349 g/mol. The van der Waals surface area contributed by atoms with Crippen LogP contribution in [0, 0.1) is 12.8 Å². The van der Waals surface area contributed by atoms with Gasteiger partial charge in [-0.05, 0) is 32.1 Å². The third-order valence-electron chi connectivity index (χ3n) is 5.49. The normalized spacial score (nSPS) is 23.6. The first-order valence-electron chi connectivity index (χ1n) is 9.57. The summed E-state index contributed by atoms with van der Waals surface area (Å²) in [6.07, 6.45) is 7.71. The molecule has 7 nitrogen and oxygen atoms in total. The van der Waals surface area contributed by atoms with E-state index in [1.54, 1.807) is 7.11 Å². The van der Waals surface area contributed by atoms with E-state index in [2.05, 4.69) is 20.1 Å². The minimum Gasteiger partial charge on any atom is -0.375 e. The molecular weight excluding hydrogens is 318 g/mol. The lowest BCUT2D eigenvalue weighted by Gasteiger charge is -2.29. The first-order chi connectivity index (χ1) is 12.2. The Morgan fingerprint density at radius 2 is 2.00 bits per heavy atom. The molecule has 1 saturated heterocycles. The second-order valence-corrected chi connectivity index (χ2v) is 7.41. The van der Waals surface area contributed by atoms with E-state index in [4.69, 9.17) is 4.74 Å². The molecule has 1 aromatic rings. The molecule has 0 bridgehead atoms. The maximum atomic E-state index is 12.6. The number of ether oxygens (including phenoxy) is 1. The van der Waals surface area contributed by atoms with E-state index in [9.17, 15) is 4.79 Å². The Labute approximate surface area is 150 Å². The Morgan fingerprint density at radius 3 is 2.68 bits per heavy atom. The molecule has 1 N–H and O–H groups in total. The van der Waals surface area contributed by atoms with E-state index < -0.39 is 0 Å². The number of carbonyl (C=O) groups is 1. The highest BCUT2D eigenvalue weighted by atomic mass is 16.5. The van der Waals surface area contributed by atoms with E-state index in [-0.39, 0.29) is 18.6 Å². The molecule has 1 saturated carbocycles. The van der Waals surface area contributed by atoms with Gasteiger partial charge in [0.05, 0.1) is 6.04 Å². The van der Waals surface area contributed by atoms with Gasteiger partial charge < -0.3 is 14.5 Å². The standard InChI is InChI=1S/C18H31N5O2/c1-14-19-18(21-20-14)16-8-9-22(12-15-6-4-3-5-7-15)10-11-23(16)17(24)13-25-2/h15-16H,3-13H2,1-2H3,(H,19,20,21). The van der Waals surface area contributed by atoms with Crippen LogP contribution in [0.5, 0.6) is 0 Å². The van der Waals surface area contributed by atoms with Gasteiger partial charge in [0.1, 0.15) is 12.4 Å². The smallest absolute Gasteiger partial charge is 0.249 e. The Bertz CT molecular complexity index is 555. The highest BCUT2D eigenvalue weighted by molar-refractivity contribution is 5.78. The molecule has 25 heavy (non-hydrogen) atoms. The molecule has 1 unspecified atom stereocenters. The number of rotatable bonds is 5. The molecule has 1 aliphatic heterocycles. The Kier molecular flexibility index (Phi) is 6.42. The van der Waals surface area contributed by atoms with Crippen molar-refractivity contribution in [2.75, 3.05) is 39.9 Å². The largest absolute Gasteiger partial charge is 0.375 e. The highest BCUT2D eigenvalue weighted by Crippen LogP contribution is 2.28. The summed E-state index contributed by atoms with van der Waals surface area (Å²) >= 11 is 0. The highest BCUT2D eigenvalue weighted by Gasteiger charge is 2.32. The van der Waals surface area contributed by atoms with Crippen molar-refractivity contribution in [2.24, 2.45) is 5.92 Å². The van der Waals surface area contributed by atoms with Gasteiger partial charge in [0.15, 0.2) is 5.82 Å². The number of nitrogens with zero attached hydrogens (tertiary/aromatic N) is 4. The topological polar surface area (TPSA) is 74.3 Å². The third-order valence-corrected chi connectivity index (χ3v) is 5.49. The number of methoxy groups -OCH3 is 1. The third kappa shape index (κ3) is 4.79. The van der Waals surface area contributed by atoms with Crippen LogP contribution in [0.3, 0.4) is 0 Å². The van der Waals surface area contributed by atoms with Gasteiger partial charge in [-0.25, -0.2) is 4.98 Å². The van der Waals surface area contributed by atoms with Crippen LogP contribution < -0.4 is 0 Å². The van der Waals surface area contributed by atoms with Crippen LogP contribution in [0.25, 0.3) is 0 Å². The first kappa shape index (κ1) is 18.3. The molecular formula is C18H31N5O2. The molecule has 1 aromatic heterocycles. The van der Waals surface area contributed by atoms with Gasteiger partial charge in [-0.15, -0.1) is 0 Å². The summed E-state index contributed by atoms with van der Waals surface area (Å²) < 4.78 is 5.08. The van der Waals surface area contributed by atoms with Crippen LogP contribution in [-0.4, -0.2) is 70.8 Å². The summed E-state index contributed by atoms with van der Waals surface area (Å²) in [5.74, 6) is 2.35. The van der Waals surface area contributed by atoms with Gasteiger partial charge in [0.25, 0.3) is 0 Å². The van der Waals surface area contributed by atoms with E-state index in [1.807, 2.05) is 11.8 Å². The summed E-state index contributed by atoms with van der Waals surface area (Å²) in [6.45, 7) is 5.79. The van der Waals surface area contributed by atoms with Crippen LogP contribution >= 0.6 is 0 Å². The van der Waals surface area contributed by atoms with Crippen LogP contribution in [0.15, 0.2) is 0 Å². The van der Waals surface area contributed by atoms with Crippen molar-refractivity contribution in [3.63, 3.8) is 0 Å². The molecule has 3 rings (SSSR count). The molecule has 7 heteroatoms. The molecule has 0 radical (unpaired) electrons. The number of hydrogen-bond acceptors (Lipinski definition) is 5. The summed E-state index contributed by atoms with van der Waals surface area (Å²) in [4.78, 5) is 21.5. The first-order valence-corrected chi connectivity index (χ1v) is 9.57. The Morgan fingerprint density at radius 1 is 1.20 bits per heavy atom. The molecule has 140 valence electrons. The molecule has 2 aliphatic rings. The number of hydrogen-bond donors (Lipinski definition) is 1. The maximum absolute atomic E-state index is 12.6. The second-order valence-electron chi connectivity index (χ2n) is 7.41. The summed E-state index contributed by atoms with van der Waals surface area (Å²) in [5.41, 5.74) is 0. The van der Waals surface area contributed by atoms with Crippen molar-refractivity contribution < 1.29 is 9.53 Å². The molecule has 0 spiro atoms. The van der Waals surface area contributed by atoms with E-state index in [0.29, 0.717) is 6.54 Å². The van der Waals surface area contributed by atoms with Gasteiger partial charge in [0.2, 0.25) is 5.91 Å². The van der Waals surface area contributed by atoms with Gasteiger partial charge in [-0.1, -0.05) is 19.3 Å². The number of nitrogens with one attached hydrogen (secondary N) is 1. The fourth-order valence-corrected chi connectivity index (χ4v) is 4.18. The molecule has 1 atom stereocenters. The molecule has 2 heterocycles.